The topological polar surface area (TPSA) is 61.8 Å². The smallest absolute Gasteiger partial charge is 0.147 e. The molecule has 0 amide bonds. The quantitative estimate of drug-likeness (QED) is 0.149. The molecule has 8 heterocycles. The molecular weight excluding hydrogens is 1640 g/mol. The van der Waals surface area contributed by atoms with Crippen molar-refractivity contribution in [2.75, 3.05) is 0 Å². The van der Waals surface area contributed by atoms with Gasteiger partial charge in [-0.05, 0) is 242 Å². The minimum absolute atomic E-state index is 0.998. The van der Waals surface area contributed by atoms with Crippen LogP contribution in [0, 0.1) is 0 Å². The highest BCUT2D eigenvalue weighted by molar-refractivity contribution is 6.30. The molecule has 8 aromatic heterocycles. The van der Waals surface area contributed by atoms with E-state index in [1.54, 1.807) is 0 Å². The van der Waals surface area contributed by atoms with Crippen LogP contribution < -0.4 is 0 Å². The molecule has 8 nitrogen and oxygen atoms in total. The average Bonchev–Trinajstić information content (AvgIpc) is 1.61. The van der Waals surface area contributed by atoms with Crippen molar-refractivity contribution in [1.82, 2.24) is 37.3 Å². The number of hydrogen-bond acceptors (Lipinski definition) is 3. The Morgan fingerprint density at radius 2 is 0.452 bits per heavy atom. The normalized spacial score (nSPS) is 12.0. The Kier molecular flexibility index (Phi) is 17.0. The van der Waals surface area contributed by atoms with Gasteiger partial charge in [0.1, 0.15) is 16.9 Å². The third-order valence-electron chi connectivity index (χ3n) is 28.3. The highest BCUT2D eigenvalue weighted by atomic mass is 15.0. The highest BCUT2D eigenvalue weighted by Gasteiger charge is 2.26. The van der Waals surface area contributed by atoms with Crippen molar-refractivity contribution in [3.63, 3.8) is 0 Å². The van der Waals surface area contributed by atoms with Crippen LogP contribution in [0.5, 0.6) is 0 Å². The van der Waals surface area contributed by atoms with Crippen LogP contribution in [0.3, 0.4) is 0 Å². The minimum Gasteiger partial charge on any atom is -0.309 e. The van der Waals surface area contributed by atoms with Gasteiger partial charge in [-0.25, -0.2) is 15.0 Å². The maximum atomic E-state index is 5.23. The summed E-state index contributed by atoms with van der Waals surface area (Å²) in [5.74, 6) is 0. The van der Waals surface area contributed by atoms with Crippen LogP contribution in [0.1, 0.15) is 0 Å². The van der Waals surface area contributed by atoms with Crippen molar-refractivity contribution in [3.8, 4) is 67.0 Å². The Balaban J connectivity index is 0.000000101. The van der Waals surface area contributed by atoms with Crippen LogP contribution in [0.15, 0.2) is 473 Å². The average molecular weight is 1720 g/mol. The number of imidazole rings is 3. The van der Waals surface area contributed by atoms with Gasteiger partial charge in [-0.2, -0.15) is 0 Å². The summed E-state index contributed by atoms with van der Waals surface area (Å²) in [6, 6.07) is 171. The largest absolute Gasteiger partial charge is 0.309 e. The molecule has 626 valence electrons. The number of pyridine rings is 3. The first-order valence-electron chi connectivity index (χ1n) is 46.3. The maximum Gasteiger partial charge on any atom is 0.147 e. The molecule has 22 aromatic carbocycles. The van der Waals surface area contributed by atoms with Gasteiger partial charge in [0.2, 0.25) is 0 Å². The number of aromatic nitrogens is 8. The lowest BCUT2D eigenvalue weighted by molar-refractivity contribution is 1.18. The van der Waals surface area contributed by atoms with Crippen molar-refractivity contribution in [3.05, 3.63) is 473 Å². The van der Waals surface area contributed by atoms with Crippen molar-refractivity contribution in [2.24, 2.45) is 0 Å². The van der Waals surface area contributed by atoms with Gasteiger partial charge >= 0.3 is 0 Å². The molecular formula is C127H78N8. The summed E-state index contributed by atoms with van der Waals surface area (Å²) in [4.78, 5) is 15.7. The van der Waals surface area contributed by atoms with Gasteiger partial charge < -0.3 is 9.13 Å². The third kappa shape index (κ3) is 11.7. The fraction of sp³-hybridized carbons (Fsp3) is 0. The summed E-state index contributed by atoms with van der Waals surface area (Å²) < 4.78 is 11.8. The van der Waals surface area contributed by atoms with Gasteiger partial charge in [-0.15, -0.1) is 0 Å². The number of nitrogens with zero attached hydrogens (tertiary/aromatic N) is 8. The van der Waals surface area contributed by atoms with Gasteiger partial charge in [0, 0.05) is 65.2 Å². The predicted octanol–water partition coefficient (Wildman–Crippen LogP) is 33.5. The van der Waals surface area contributed by atoms with Gasteiger partial charge in [0.25, 0.3) is 0 Å². The zero-order valence-electron chi connectivity index (χ0n) is 73.1. The van der Waals surface area contributed by atoms with Crippen molar-refractivity contribution >= 4 is 202 Å². The van der Waals surface area contributed by atoms with Crippen LogP contribution >= 0.6 is 0 Å². The van der Waals surface area contributed by atoms with Crippen LogP contribution in [-0.4, -0.2) is 37.3 Å². The lowest BCUT2D eigenvalue weighted by Crippen LogP contribution is -1.95. The number of para-hydroxylation sites is 11. The second-order valence-corrected chi connectivity index (χ2v) is 35.5. The fourth-order valence-electron chi connectivity index (χ4n) is 22.4. The second-order valence-electron chi connectivity index (χ2n) is 35.5. The Labute approximate surface area is 773 Å². The maximum absolute atomic E-state index is 5.23. The molecule has 0 saturated heterocycles. The Morgan fingerprint density at radius 3 is 0.933 bits per heavy atom. The molecule has 0 spiro atoms. The predicted molar refractivity (Wildman–Crippen MR) is 569 cm³/mol. The van der Waals surface area contributed by atoms with E-state index in [9.17, 15) is 0 Å². The van der Waals surface area contributed by atoms with Crippen molar-refractivity contribution < 1.29 is 0 Å². The molecule has 0 saturated carbocycles. The van der Waals surface area contributed by atoms with Crippen LogP contribution in [0.2, 0.25) is 0 Å². The molecule has 8 heteroatoms. The lowest BCUT2D eigenvalue weighted by Gasteiger charge is -2.16. The van der Waals surface area contributed by atoms with Gasteiger partial charge in [-0.1, -0.05) is 346 Å². The molecule has 0 N–H and O–H groups in total. The summed E-state index contributed by atoms with van der Waals surface area (Å²) in [7, 11) is 0. The van der Waals surface area contributed by atoms with E-state index in [0.29, 0.717) is 0 Å². The molecule has 0 radical (unpaired) electrons. The second kappa shape index (κ2) is 30.2. The Bertz CT molecular complexity index is 10200. The number of hydrogen-bond donors (Lipinski definition) is 0. The Morgan fingerprint density at radius 1 is 0.141 bits per heavy atom. The van der Waals surface area contributed by atoms with Gasteiger partial charge in [0.05, 0.1) is 71.7 Å². The Hall–Kier alpha value is -18.1. The van der Waals surface area contributed by atoms with E-state index in [1.165, 1.54) is 202 Å². The molecule has 30 rings (SSSR count). The van der Waals surface area contributed by atoms with E-state index >= 15 is 0 Å². The van der Waals surface area contributed by atoms with E-state index in [1.807, 2.05) is 0 Å². The molecule has 0 bridgehead atoms. The zero-order chi connectivity index (χ0) is 88.5. The summed E-state index contributed by atoms with van der Waals surface area (Å²) >= 11 is 0. The summed E-state index contributed by atoms with van der Waals surface area (Å²) in [5.41, 5.74) is 32.3. The lowest BCUT2D eigenvalue weighted by atomic mass is 9.90. The summed E-state index contributed by atoms with van der Waals surface area (Å²) in [6.07, 6.45) is 0. The van der Waals surface area contributed by atoms with E-state index < -0.39 is 0 Å². The van der Waals surface area contributed by atoms with E-state index in [-0.39, 0.29) is 0 Å². The molecule has 0 fully saturated rings. The minimum atomic E-state index is 0.998. The van der Waals surface area contributed by atoms with Crippen LogP contribution in [0.4, 0.5) is 0 Å². The monoisotopic (exact) mass is 1710 g/mol. The zero-order valence-corrected chi connectivity index (χ0v) is 73.1. The van der Waals surface area contributed by atoms with Crippen molar-refractivity contribution in [2.45, 2.75) is 0 Å². The first kappa shape index (κ1) is 75.8. The van der Waals surface area contributed by atoms with E-state index in [4.69, 9.17) is 15.0 Å². The molecule has 135 heavy (non-hydrogen) atoms. The van der Waals surface area contributed by atoms with Gasteiger partial charge in [0.15, 0.2) is 0 Å². The SMILES string of the molecule is c1cc(-c2cc3c4ccccc4n4c5ccccc5nc4c3c3ccccc23)cc(-n2c3ccccc3c3ccccc32)c1.c1ccc(-c2ccc(-c3cc4c5cc(-c6ccccc6)ccc5n5c6ccccc6nc5c4c4ccccc34)cc2)cc1.c1ccc2c(c1)ccc1c2c2ccccc2n1-c1ccc(-c2cc3c4ccccc4n4c5ccccc5nc4c3c3ccccc23)cc1. The van der Waals surface area contributed by atoms with Gasteiger partial charge in [-0.3, -0.25) is 13.2 Å². The standard InChI is InChI=1S/C45H27N3.C41H25N3.C41H26N2/c1-2-12-31-28(11-1)23-26-42-43(31)35-16-6-9-19-40(35)47(42)30-24-21-29(22-25-30)36-27-37-33-14-5-8-18-39(33)48-41-20-10-7-17-38(41)46-45(48)44(37)34-15-4-3-13-32(34)36;1-2-18-32-28(14-1)33(25-34-31-17-5-9-22-38(31)44-39-23-10-6-19-35(39)42-41(44)40(32)34)26-12-11-13-27(24-26)43-36-20-7-3-15-29(36)30-16-4-8-21-37(30)43;1-3-11-27(12-4-1)29-19-21-30(22-20-29)34-26-36-35-25-31(28-13-5-2-6-14-28)23-24-38(35)43-39-18-10-9-17-37(39)42-41(43)40(36)33-16-8-7-15-32(33)34/h1-27H;1-25H;1-26H. The molecule has 30 aromatic rings. The molecule has 0 aliphatic carbocycles. The number of benzene rings is 22. The highest BCUT2D eigenvalue weighted by Crippen LogP contribution is 2.49. The van der Waals surface area contributed by atoms with Crippen LogP contribution in [-0.2, 0) is 0 Å². The molecule has 0 aliphatic heterocycles. The third-order valence-corrected chi connectivity index (χ3v) is 28.3. The summed E-state index contributed by atoms with van der Waals surface area (Å²) in [6.45, 7) is 0. The van der Waals surface area contributed by atoms with Crippen LogP contribution in [0.25, 0.3) is 269 Å². The van der Waals surface area contributed by atoms with Crippen molar-refractivity contribution in [1.29, 1.82) is 0 Å². The first-order valence-corrected chi connectivity index (χ1v) is 46.3. The fourth-order valence-corrected chi connectivity index (χ4v) is 22.4. The number of fused-ring (bicyclic) bond motifs is 38. The number of rotatable bonds is 7. The molecule has 0 atom stereocenters. The summed E-state index contributed by atoms with van der Waals surface area (Å²) in [5, 5.41) is 25.9. The molecule has 0 unspecified atom stereocenters. The van der Waals surface area contributed by atoms with E-state index in [0.717, 1.165) is 66.9 Å². The first-order chi connectivity index (χ1) is 67.0. The molecule has 0 aliphatic rings. The van der Waals surface area contributed by atoms with E-state index in [2.05, 4.69) is 496 Å².